The minimum Gasteiger partial charge on any atom is -0.385 e. The van der Waals surface area contributed by atoms with Crippen LogP contribution in [0.4, 0.5) is 0 Å². The summed E-state index contributed by atoms with van der Waals surface area (Å²) in [6, 6.07) is 10.1. The van der Waals surface area contributed by atoms with E-state index in [0.717, 1.165) is 24.8 Å². The van der Waals surface area contributed by atoms with Crippen molar-refractivity contribution in [3.63, 3.8) is 0 Å². The molecule has 0 unspecified atom stereocenters. The van der Waals surface area contributed by atoms with Gasteiger partial charge in [0, 0.05) is 5.92 Å². The number of allylic oxidation sites excluding steroid dienone is 1. The lowest BCUT2D eigenvalue weighted by atomic mass is 9.84. The van der Waals surface area contributed by atoms with Crippen LogP contribution in [0.5, 0.6) is 0 Å². The Kier molecular flexibility index (Phi) is 1.96. The second-order valence-electron chi connectivity index (χ2n) is 4.87. The van der Waals surface area contributed by atoms with Crippen molar-refractivity contribution >= 4 is 0 Å². The van der Waals surface area contributed by atoms with Gasteiger partial charge in [-0.3, -0.25) is 0 Å². The van der Waals surface area contributed by atoms with Gasteiger partial charge < -0.3 is 5.11 Å². The minimum atomic E-state index is -0.598. The van der Waals surface area contributed by atoms with Crippen LogP contribution in [0, 0.1) is 11.8 Å². The van der Waals surface area contributed by atoms with Crippen LogP contribution in [0.3, 0.4) is 0 Å². The second-order valence-corrected chi connectivity index (χ2v) is 4.87. The number of rotatable bonds is 1. The third-order valence-corrected chi connectivity index (χ3v) is 3.91. The molecule has 3 rings (SSSR count). The summed E-state index contributed by atoms with van der Waals surface area (Å²) in [5.74, 6) is 1.02. The highest BCUT2D eigenvalue weighted by Gasteiger charge is 2.46. The summed E-state index contributed by atoms with van der Waals surface area (Å²) < 4.78 is 0. The van der Waals surface area contributed by atoms with Crippen LogP contribution < -0.4 is 0 Å². The Morgan fingerprint density at radius 3 is 2.73 bits per heavy atom. The Labute approximate surface area is 90.4 Å². The average molecular weight is 200 g/mol. The standard InChI is InChI=1S/C14H16O/c15-14(12-6-2-1-3-7-12)10-11-5-4-8-13(14)9-11/h1-4,6-8,11,13,15H,5,9-10H2/t11-,13+,14+/m0/s1. The first-order valence-electron chi connectivity index (χ1n) is 5.73. The third-order valence-electron chi connectivity index (χ3n) is 3.91. The van der Waals surface area contributed by atoms with Gasteiger partial charge in [-0.25, -0.2) is 0 Å². The Balaban J connectivity index is 2.01. The Hall–Kier alpha value is -1.08. The highest BCUT2D eigenvalue weighted by molar-refractivity contribution is 5.28. The van der Waals surface area contributed by atoms with E-state index in [1.165, 1.54) is 0 Å². The van der Waals surface area contributed by atoms with E-state index in [1.807, 2.05) is 18.2 Å². The predicted molar refractivity (Wildman–Crippen MR) is 60.3 cm³/mol. The number of fused-ring (bicyclic) bond motifs is 2. The summed E-state index contributed by atoms with van der Waals surface area (Å²) in [6.07, 6.45) is 7.67. The fourth-order valence-electron chi connectivity index (χ4n) is 3.14. The molecule has 1 aromatic carbocycles. The van der Waals surface area contributed by atoms with Crippen molar-refractivity contribution in [3.8, 4) is 0 Å². The van der Waals surface area contributed by atoms with Gasteiger partial charge in [-0.1, -0.05) is 42.5 Å². The fourth-order valence-corrected chi connectivity index (χ4v) is 3.14. The van der Waals surface area contributed by atoms with Gasteiger partial charge in [-0.2, -0.15) is 0 Å². The van der Waals surface area contributed by atoms with Crippen LogP contribution in [0.2, 0.25) is 0 Å². The minimum absolute atomic E-state index is 0.332. The Morgan fingerprint density at radius 2 is 2.00 bits per heavy atom. The molecule has 2 bridgehead atoms. The van der Waals surface area contributed by atoms with Gasteiger partial charge >= 0.3 is 0 Å². The van der Waals surface area contributed by atoms with Gasteiger partial charge in [-0.15, -0.1) is 0 Å². The van der Waals surface area contributed by atoms with Crippen molar-refractivity contribution in [1.82, 2.24) is 0 Å². The van der Waals surface area contributed by atoms with Crippen LogP contribution in [-0.4, -0.2) is 5.11 Å². The first-order valence-corrected chi connectivity index (χ1v) is 5.73. The molecule has 3 atom stereocenters. The molecule has 1 heteroatoms. The van der Waals surface area contributed by atoms with E-state index in [0.29, 0.717) is 11.8 Å². The molecule has 1 saturated carbocycles. The number of hydrogen-bond acceptors (Lipinski definition) is 1. The summed E-state index contributed by atoms with van der Waals surface area (Å²) in [4.78, 5) is 0. The van der Waals surface area contributed by atoms with E-state index in [4.69, 9.17) is 0 Å². The van der Waals surface area contributed by atoms with Crippen molar-refractivity contribution in [2.75, 3.05) is 0 Å². The van der Waals surface area contributed by atoms with Crippen LogP contribution in [0.1, 0.15) is 24.8 Å². The first-order chi connectivity index (χ1) is 7.29. The zero-order valence-electron chi connectivity index (χ0n) is 8.76. The monoisotopic (exact) mass is 200 g/mol. The van der Waals surface area contributed by atoms with Gasteiger partial charge in [0.25, 0.3) is 0 Å². The maximum atomic E-state index is 10.8. The largest absolute Gasteiger partial charge is 0.385 e. The first kappa shape index (κ1) is 9.17. The van der Waals surface area contributed by atoms with Gasteiger partial charge in [0.1, 0.15) is 0 Å². The van der Waals surface area contributed by atoms with Crippen molar-refractivity contribution in [2.45, 2.75) is 24.9 Å². The fraction of sp³-hybridized carbons (Fsp3) is 0.429. The van der Waals surface area contributed by atoms with Crippen molar-refractivity contribution < 1.29 is 5.11 Å². The summed E-state index contributed by atoms with van der Waals surface area (Å²) in [7, 11) is 0. The van der Waals surface area contributed by atoms with Gasteiger partial charge in [-0.05, 0) is 30.7 Å². The van der Waals surface area contributed by atoms with E-state index >= 15 is 0 Å². The summed E-state index contributed by atoms with van der Waals surface area (Å²) >= 11 is 0. The van der Waals surface area contributed by atoms with Crippen LogP contribution in [0.15, 0.2) is 42.5 Å². The van der Waals surface area contributed by atoms with Gasteiger partial charge in [0.15, 0.2) is 0 Å². The smallest absolute Gasteiger partial charge is 0.0961 e. The molecule has 0 heterocycles. The highest BCUT2D eigenvalue weighted by Crippen LogP contribution is 2.50. The van der Waals surface area contributed by atoms with Gasteiger partial charge in [0.2, 0.25) is 0 Å². The molecule has 1 aromatic rings. The molecule has 0 aliphatic heterocycles. The molecule has 1 fully saturated rings. The van der Waals surface area contributed by atoms with Crippen molar-refractivity contribution in [1.29, 1.82) is 0 Å². The Bertz CT molecular complexity index is 382. The van der Waals surface area contributed by atoms with Gasteiger partial charge in [0.05, 0.1) is 5.60 Å². The number of aliphatic hydroxyl groups is 1. The highest BCUT2D eigenvalue weighted by atomic mass is 16.3. The molecule has 0 spiro atoms. The lowest BCUT2D eigenvalue weighted by molar-refractivity contribution is 0.0136. The number of benzene rings is 1. The summed E-state index contributed by atoms with van der Waals surface area (Å²) in [5.41, 5.74) is 0.489. The zero-order valence-corrected chi connectivity index (χ0v) is 8.76. The van der Waals surface area contributed by atoms with Crippen LogP contribution in [-0.2, 0) is 5.60 Å². The second kappa shape index (κ2) is 3.21. The molecule has 0 saturated heterocycles. The normalized spacial score (nSPS) is 38.2. The van der Waals surface area contributed by atoms with E-state index in [2.05, 4.69) is 24.3 Å². The molecule has 1 nitrogen and oxygen atoms in total. The van der Waals surface area contributed by atoms with Crippen molar-refractivity contribution in [3.05, 3.63) is 48.0 Å². The zero-order chi connectivity index (χ0) is 10.3. The quantitative estimate of drug-likeness (QED) is 0.691. The topological polar surface area (TPSA) is 20.2 Å². The maximum absolute atomic E-state index is 10.8. The molecule has 15 heavy (non-hydrogen) atoms. The SMILES string of the molecule is O[C@@]1(c2ccccc2)C[C@H]2CC=C[C@@H]1C2. The number of hydrogen-bond donors (Lipinski definition) is 1. The third kappa shape index (κ3) is 1.34. The summed E-state index contributed by atoms with van der Waals surface area (Å²) in [5, 5.41) is 10.8. The van der Waals surface area contributed by atoms with Crippen molar-refractivity contribution in [2.24, 2.45) is 11.8 Å². The summed E-state index contributed by atoms with van der Waals surface area (Å²) in [6.45, 7) is 0. The molecule has 1 N–H and O–H groups in total. The molecule has 78 valence electrons. The van der Waals surface area contributed by atoms with E-state index in [9.17, 15) is 5.11 Å². The van der Waals surface area contributed by atoms with E-state index in [1.54, 1.807) is 0 Å². The maximum Gasteiger partial charge on any atom is 0.0961 e. The predicted octanol–water partition coefficient (Wildman–Crippen LogP) is 2.86. The lowest BCUT2D eigenvalue weighted by Crippen LogP contribution is -2.28. The molecular weight excluding hydrogens is 184 g/mol. The molecular formula is C14H16O. The molecule has 0 radical (unpaired) electrons. The van der Waals surface area contributed by atoms with Crippen LogP contribution in [0.25, 0.3) is 0 Å². The van der Waals surface area contributed by atoms with E-state index in [-0.39, 0.29) is 0 Å². The average Bonchev–Trinajstić information content (AvgIpc) is 2.52. The molecule has 0 amide bonds. The lowest BCUT2D eigenvalue weighted by Gasteiger charge is -2.28. The molecule has 0 aromatic heterocycles. The molecule has 2 aliphatic carbocycles. The molecule has 2 aliphatic rings. The Morgan fingerprint density at radius 1 is 1.20 bits per heavy atom. The van der Waals surface area contributed by atoms with E-state index < -0.39 is 5.60 Å². The van der Waals surface area contributed by atoms with Crippen LogP contribution >= 0.6 is 0 Å².